The summed E-state index contributed by atoms with van der Waals surface area (Å²) >= 11 is 0. The molecule has 0 aliphatic carbocycles. The summed E-state index contributed by atoms with van der Waals surface area (Å²) in [6, 6.07) is 8.69. The van der Waals surface area contributed by atoms with Gasteiger partial charge < -0.3 is 4.74 Å². The average molecular weight is 266 g/mol. The minimum absolute atomic E-state index is 0.264. The van der Waals surface area contributed by atoms with E-state index in [4.69, 9.17) is 10.00 Å². The minimum Gasteiger partial charge on any atom is -0.365 e. The second kappa shape index (κ2) is 3.78. The number of nitrogens with zero attached hydrogens (tertiary/aromatic N) is 2. The number of anilines is 1. The van der Waals surface area contributed by atoms with Gasteiger partial charge in [0.1, 0.15) is 6.07 Å². The molecule has 2 fully saturated rings. The number of rotatable bonds is 1. The molecule has 2 saturated heterocycles. The number of carbonyl (C=O) groups excluding carboxylic acids is 2. The molecule has 3 aliphatic rings. The highest BCUT2D eigenvalue weighted by atomic mass is 16.5. The Morgan fingerprint density at radius 2 is 1.65 bits per heavy atom. The van der Waals surface area contributed by atoms with Crippen molar-refractivity contribution >= 4 is 17.5 Å². The lowest BCUT2D eigenvalue weighted by atomic mass is 9.85. The molecule has 0 N–H and O–H groups in total. The molecule has 0 aromatic heterocycles. The van der Waals surface area contributed by atoms with Crippen molar-refractivity contribution in [2.24, 2.45) is 11.8 Å². The van der Waals surface area contributed by atoms with E-state index in [2.05, 4.69) is 0 Å². The number of para-hydroxylation sites is 1. The van der Waals surface area contributed by atoms with Crippen LogP contribution in [0.5, 0.6) is 0 Å². The predicted octanol–water partition coefficient (Wildman–Crippen LogP) is 1.00. The van der Waals surface area contributed by atoms with E-state index in [0.717, 1.165) is 4.90 Å². The molecule has 3 heterocycles. The molecule has 3 aliphatic heterocycles. The van der Waals surface area contributed by atoms with Gasteiger partial charge >= 0.3 is 0 Å². The van der Waals surface area contributed by atoms with Crippen molar-refractivity contribution < 1.29 is 14.3 Å². The maximum atomic E-state index is 12.5. The number of hydrogen-bond acceptors (Lipinski definition) is 4. The standard InChI is InChI=1S/C15H10N2O3/c16-7-8-3-1-2-4-9(8)17-14(18)12-10-5-6-11(20-10)13(12)15(17)19/h1-6,10-13H/t10-,11-,12-,13+/m0/s1. The van der Waals surface area contributed by atoms with Crippen LogP contribution in [0, 0.1) is 23.2 Å². The highest BCUT2D eigenvalue weighted by molar-refractivity contribution is 6.23. The Labute approximate surface area is 115 Å². The van der Waals surface area contributed by atoms with Crippen LogP contribution >= 0.6 is 0 Å². The summed E-state index contributed by atoms with van der Waals surface area (Å²) < 4.78 is 5.58. The smallest absolute Gasteiger partial charge is 0.240 e. The summed E-state index contributed by atoms with van der Waals surface area (Å²) in [4.78, 5) is 26.2. The predicted molar refractivity (Wildman–Crippen MR) is 68.4 cm³/mol. The van der Waals surface area contributed by atoms with E-state index < -0.39 is 11.8 Å². The first-order chi connectivity index (χ1) is 9.72. The van der Waals surface area contributed by atoms with Gasteiger partial charge in [-0.3, -0.25) is 9.59 Å². The van der Waals surface area contributed by atoms with Crippen molar-refractivity contribution in [2.45, 2.75) is 12.2 Å². The lowest BCUT2D eigenvalue weighted by molar-refractivity contribution is -0.124. The Hall–Kier alpha value is -2.45. The summed E-state index contributed by atoms with van der Waals surface area (Å²) in [6.45, 7) is 0. The normalized spacial score (nSPS) is 33.6. The molecular weight excluding hydrogens is 256 g/mol. The van der Waals surface area contributed by atoms with Crippen molar-refractivity contribution in [3.8, 4) is 6.07 Å². The van der Waals surface area contributed by atoms with E-state index in [1.807, 2.05) is 18.2 Å². The number of hydrogen-bond donors (Lipinski definition) is 0. The van der Waals surface area contributed by atoms with Crippen LogP contribution in [0.3, 0.4) is 0 Å². The third-order valence-electron chi connectivity index (χ3n) is 4.18. The van der Waals surface area contributed by atoms with Crippen LogP contribution < -0.4 is 4.90 Å². The maximum absolute atomic E-state index is 12.5. The molecule has 2 amide bonds. The quantitative estimate of drug-likeness (QED) is 0.561. The molecule has 4 rings (SSSR count). The largest absolute Gasteiger partial charge is 0.365 e. The Kier molecular flexibility index (Phi) is 2.15. The number of imide groups is 1. The Morgan fingerprint density at radius 1 is 1.05 bits per heavy atom. The van der Waals surface area contributed by atoms with Gasteiger partial charge in [0.15, 0.2) is 0 Å². The van der Waals surface area contributed by atoms with Gasteiger partial charge in [0.2, 0.25) is 11.8 Å². The number of benzene rings is 1. The molecule has 0 saturated carbocycles. The SMILES string of the molecule is N#Cc1ccccc1N1C(=O)[C@@H]2[C@H](C1=O)[C@@H]1C=C[C@@H]2O1. The fourth-order valence-corrected chi connectivity index (χ4v) is 3.30. The highest BCUT2D eigenvalue weighted by Crippen LogP contribution is 2.46. The van der Waals surface area contributed by atoms with Gasteiger partial charge in [0.25, 0.3) is 0 Å². The van der Waals surface area contributed by atoms with Crippen molar-refractivity contribution in [2.75, 3.05) is 4.90 Å². The summed E-state index contributed by atoms with van der Waals surface area (Å²) in [6.07, 6.45) is 3.08. The summed E-state index contributed by atoms with van der Waals surface area (Å²) in [5.41, 5.74) is 0.703. The minimum atomic E-state index is -0.441. The first kappa shape index (κ1) is 11.4. The van der Waals surface area contributed by atoms with E-state index >= 15 is 0 Å². The van der Waals surface area contributed by atoms with Crippen LogP contribution in [-0.2, 0) is 14.3 Å². The van der Waals surface area contributed by atoms with E-state index in [0.29, 0.717) is 11.3 Å². The lowest BCUT2D eigenvalue weighted by Crippen LogP contribution is -2.34. The van der Waals surface area contributed by atoms with Crippen LogP contribution in [0.4, 0.5) is 5.69 Å². The third kappa shape index (κ3) is 1.24. The van der Waals surface area contributed by atoms with Crippen LogP contribution in [0.15, 0.2) is 36.4 Å². The Balaban J connectivity index is 1.81. The van der Waals surface area contributed by atoms with Crippen molar-refractivity contribution in [1.29, 1.82) is 5.26 Å². The number of nitriles is 1. The molecule has 20 heavy (non-hydrogen) atoms. The molecule has 0 radical (unpaired) electrons. The number of fused-ring (bicyclic) bond motifs is 5. The van der Waals surface area contributed by atoms with Crippen LogP contribution in [0.2, 0.25) is 0 Å². The first-order valence-corrected chi connectivity index (χ1v) is 6.43. The second-order valence-corrected chi connectivity index (χ2v) is 5.14. The summed E-state index contributed by atoms with van der Waals surface area (Å²) in [5.74, 6) is -1.41. The maximum Gasteiger partial charge on any atom is 0.240 e. The molecule has 2 bridgehead atoms. The zero-order valence-electron chi connectivity index (χ0n) is 10.4. The monoisotopic (exact) mass is 266 g/mol. The van der Waals surface area contributed by atoms with E-state index in [-0.39, 0.29) is 24.0 Å². The Morgan fingerprint density at radius 3 is 2.25 bits per heavy atom. The molecule has 1 aromatic carbocycles. The van der Waals surface area contributed by atoms with Gasteiger partial charge in [0.05, 0.1) is 35.3 Å². The molecule has 0 spiro atoms. The zero-order chi connectivity index (χ0) is 13.9. The number of ether oxygens (including phenoxy) is 1. The van der Waals surface area contributed by atoms with E-state index in [9.17, 15) is 9.59 Å². The average Bonchev–Trinajstić information content (AvgIpc) is 3.13. The highest BCUT2D eigenvalue weighted by Gasteiger charge is 2.61. The summed E-state index contributed by atoms with van der Waals surface area (Å²) in [7, 11) is 0. The van der Waals surface area contributed by atoms with Crippen molar-refractivity contribution in [1.82, 2.24) is 0 Å². The number of carbonyl (C=O) groups is 2. The summed E-state index contributed by atoms with van der Waals surface area (Å²) in [5, 5.41) is 9.13. The van der Waals surface area contributed by atoms with Gasteiger partial charge in [-0.05, 0) is 12.1 Å². The molecule has 0 unspecified atom stereocenters. The molecule has 1 aromatic rings. The fraction of sp³-hybridized carbons (Fsp3) is 0.267. The second-order valence-electron chi connectivity index (χ2n) is 5.14. The first-order valence-electron chi connectivity index (χ1n) is 6.43. The molecule has 5 heteroatoms. The molecular formula is C15H10N2O3. The van der Waals surface area contributed by atoms with Gasteiger partial charge in [0, 0.05) is 0 Å². The van der Waals surface area contributed by atoms with E-state index in [1.54, 1.807) is 24.3 Å². The number of amides is 2. The lowest BCUT2D eigenvalue weighted by Gasteiger charge is -2.18. The van der Waals surface area contributed by atoms with Gasteiger partial charge in [-0.1, -0.05) is 24.3 Å². The van der Waals surface area contributed by atoms with Gasteiger partial charge in [-0.25, -0.2) is 4.90 Å². The molecule has 98 valence electrons. The van der Waals surface area contributed by atoms with Crippen LogP contribution in [0.25, 0.3) is 0 Å². The third-order valence-corrected chi connectivity index (χ3v) is 4.18. The van der Waals surface area contributed by atoms with E-state index in [1.165, 1.54) is 0 Å². The zero-order valence-corrected chi connectivity index (χ0v) is 10.4. The fourth-order valence-electron chi connectivity index (χ4n) is 3.30. The Bertz CT molecular complexity index is 673. The molecule has 4 atom stereocenters. The topological polar surface area (TPSA) is 70.4 Å². The van der Waals surface area contributed by atoms with Gasteiger partial charge in [-0.15, -0.1) is 0 Å². The van der Waals surface area contributed by atoms with Crippen molar-refractivity contribution in [3.63, 3.8) is 0 Å². The van der Waals surface area contributed by atoms with Crippen molar-refractivity contribution in [3.05, 3.63) is 42.0 Å². The van der Waals surface area contributed by atoms with Gasteiger partial charge in [-0.2, -0.15) is 5.26 Å². The molecule has 5 nitrogen and oxygen atoms in total. The van der Waals surface area contributed by atoms with Crippen LogP contribution in [-0.4, -0.2) is 24.0 Å². The van der Waals surface area contributed by atoms with Crippen LogP contribution in [0.1, 0.15) is 5.56 Å².